The van der Waals surface area contributed by atoms with Gasteiger partial charge in [-0.05, 0) is 76.2 Å². The number of benzene rings is 1. The maximum atomic E-state index is 14.1. The highest BCUT2D eigenvalue weighted by atomic mass is 19.1. The van der Waals surface area contributed by atoms with Crippen LogP contribution in [-0.4, -0.2) is 84.2 Å². The summed E-state index contributed by atoms with van der Waals surface area (Å²) in [6.07, 6.45) is 6.80. The van der Waals surface area contributed by atoms with E-state index in [4.69, 9.17) is 5.11 Å². The summed E-state index contributed by atoms with van der Waals surface area (Å²) in [6, 6.07) is 6.85. The van der Waals surface area contributed by atoms with Gasteiger partial charge < -0.3 is 20.2 Å². The van der Waals surface area contributed by atoms with Gasteiger partial charge in [-0.1, -0.05) is 18.6 Å². The first kappa shape index (κ1) is 24.0. The van der Waals surface area contributed by atoms with Gasteiger partial charge in [0.05, 0.1) is 12.1 Å². The van der Waals surface area contributed by atoms with Gasteiger partial charge >= 0.3 is 6.03 Å². The molecule has 3 aliphatic rings. The fourth-order valence-electron chi connectivity index (χ4n) is 5.96. The lowest BCUT2D eigenvalue weighted by atomic mass is 9.68. The molecule has 2 N–H and O–H groups in total. The molecule has 2 aliphatic carbocycles. The zero-order valence-electron chi connectivity index (χ0n) is 19.9. The monoisotopic (exact) mass is 460 g/mol. The van der Waals surface area contributed by atoms with Gasteiger partial charge in [0, 0.05) is 25.2 Å². The standard InChI is InChI=1S/C25H37FN4O3/c1-28(2)25(20-7-4-8-21(26)15-20)11-9-24(10-12-25)18-29(17-22(32)27-13-14-31)23(33)30(24)16-19-5-3-6-19/h4,7-8,15,19,31H,3,5-6,9-14,16-18H2,1-2H3,(H,27,32)/t24-,25+. The summed E-state index contributed by atoms with van der Waals surface area (Å²) in [5.41, 5.74) is 0.416. The lowest BCUT2D eigenvalue weighted by molar-refractivity contribution is -0.121. The van der Waals surface area contributed by atoms with Crippen molar-refractivity contribution in [3.8, 4) is 0 Å². The first-order valence-corrected chi connectivity index (χ1v) is 12.2. The molecule has 0 bridgehead atoms. The number of nitrogens with one attached hydrogen (secondary N) is 1. The number of rotatable bonds is 8. The minimum absolute atomic E-state index is 0.0183. The van der Waals surface area contributed by atoms with E-state index in [1.807, 2.05) is 20.2 Å². The van der Waals surface area contributed by atoms with E-state index in [1.165, 1.54) is 12.5 Å². The van der Waals surface area contributed by atoms with Gasteiger partial charge in [-0.2, -0.15) is 0 Å². The second-order valence-corrected chi connectivity index (χ2v) is 10.3. The molecular weight excluding hydrogens is 423 g/mol. The predicted octanol–water partition coefficient (Wildman–Crippen LogP) is 2.54. The Hall–Kier alpha value is -2.19. The van der Waals surface area contributed by atoms with E-state index in [0.29, 0.717) is 12.5 Å². The molecule has 1 heterocycles. The number of hydrogen-bond donors (Lipinski definition) is 2. The molecule has 1 aromatic rings. The summed E-state index contributed by atoms with van der Waals surface area (Å²) >= 11 is 0. The lowest BCUT2D eigenvalue weighted by Gasteiger charge is -2.51. The normalized spacial score (nSPS) is 28.0. The average molecular weight is 461 g/mol. The quantitative estimate of drug-likeness (QED) is 0.625. The Morgan fingerprint density at radius 2 is 1.97 bits per heavy atom. The van der Waals surface area contributed by atoms with E-state index in [9.17, 15) is 14.0 Å². The van der Waals surface area contributed by atoms with Gasteiger partial charge in [-0.3, -0.25) is 9.69 Å². The van der Waals surface area contributed by atoms with Crippen molar-refractivity contribution >= 4 is 11.9 Å². The van der Waals surface area contributed by atoms with Crippen molar-refractivity contribution in [2.75, 3.05) is 46.9 Å². The molecule has 0 radical (unpaired) electrons. The third-order valence-electron chi connectivity index (χ3n) is 8.22. The maximum absolute atomic E-state index is 14.1. The minimum atomic E-state index is -0.295. The zero-order chi connectivity index (χ0) is 23.6. The van der Waals surface area contributed by atoms with Gasteiger partial charge in [-0.25, -0.2) is 9.18 Å². The van der Waals surface area contributed by atoms with Crippen molar-refractivity contribution in [3.05, 3.63) is 35.6 Å². The summed E-state index contributed by atoms with van der Waals surface area (Å²) in [5, 5.41) is 11.6. The molecule has 1 saturated heterocycles. The van der Waals surface area contributed by atoms with Gasteiger partial charge in [0.1, 0.15) is 12.4 Å². The van der Waals surface area contributed by atoms with Crippen LogP contribution < -0.4 is 5.32 Å². The number of halogens is 1. The Bertz CT molecular complexity index is 865. The fraction of sp³-hybridized carbons (Fsp3) is 0.680. The van der Waals surface area contributed by atoms with Crippen LogP contribution in [0.1, 0.15) is 50.5 Å². The molecule has 4 rings (SSSR count). The van der Waals surface area contributed by atoms with Crippen LogP contribution in [0.4, 0.5) is 9.18 Å². The summed E-state index contributed by atoms with van der Waals surface area (Å²) in [7, 11) is 4.10. The maximum Gasteiger partial charge on any atom is 0.321 e. The number of hydrogen-bond acceptors (Lipinski definition) is 4. The number of nitrogens with zero attached hydrogens (tertiary/aromatic N) is 3. The first-order chi connectivity index (χ1) is 15.8. The summed E-state index contributed by atoms with van der Waals surface area (Å²) in [6.45, 7) is 1.38. The largest absolute Gasteiger partial charge is 0.395 e. The number of aliphatic hydroxyl groups excluding tert-OH is 1. The topological polar surface area (TPSA) is 76.1 Å². The van der Waals surface area contributed by atoms with Crippen LogP contribution in [0.3, 0.4) is 0 Å². The van der Waals surface area contributed by atoms with Crippen molar-refractivity contribution < 1.29 is 19.1 Å². The van der Waals surface area contributed by atoms with E-state index in [0.717, 1.165) is 50.6 Å². The SMILES string of the molecule is CN(C)[C@]1(c2cccc(F)c2)CC[C@]2(CC1)CN(CC(=O)NCCO)C(=O)N2CC1CCC1. The molecule has 0 aromatic heterocycles. The summed E-state index contributed by atoms with van der Waals surface area (Å²) in [4.78, 5) is 31.7. The molecule has 3 amide bonds. The third kappa shape index (κ3) is 4.60. The van der Waals surface area contributed by atoms with Gasteiger partial charge in [-0.15, -0.1) is 0 Å². The van der Waals surface area contributed by atoms with E-state index >= 15 is 0 Å². The molecule has 1 spiro atoms. The van der Waals surface area contributed by atoms with Gasteiger partial charge in [0.15, 0.2) is 0 Å². The van der Waals surface area contributed by atoms with Crippen LogP contribution in [0.15, 0.2) is 24.3 Å². The zero-order valence-corrected chi connectivity index (χ0v) is 19.9. The van der Waals surface area contributed by atoms with E-state index < -0.39 is 0 Å². The van der Waals surface area contributed by atoms with Gasteiger partial charge in [0.25, 0.3) is 0 Å². The highest BCUT2D eigenvalue weighted by molar-refractivity contribution is 5.86. The van der Waals surface area contributed by atoms with E-state index in [-0.39, 0.29) is 48.5 Å². The molecular formula is C25H37FN4O3. The van der Waals surface area contributed by atoms with Crippen LogP contribution in [0.2, 0.25) is 0 Å². The number of aliphatic hydroxyl groups is 1. The number of amides is 3. The summed E-state index contributed by atoms with van der Waals surface area (Å²) in [5.74, 6) is 0.0747. The molecule has 3 fully saturated rings. The van der Waals surface area contributed by atoms with Crippen LogP contribution >= 0.6 is 0 Å². The van der Waals surface area contributed by atoms with Crippen molar-refractivity contribution in [3.63, 3.8) is 0 Å². The van der Waals surface area contributed by atoms with Crippen LogP contribution in [-0.2, 0) is 10.3 Å². The highest BCUT2D eigenvalue weighted by Crippen LogP contribution is 2.49. The predicted molar refractivity (Wildman–Crippen MR) is 124 cm³/mol. The van der Waals surface area contributed by atoms with Crippen molar-refractivity contribution in [1.29, 1.82) is 0 Å². The number of carbonyl (C=O) groups is 2. The number of carbonyl (C=O) groups excluding carboxylic acids is 2. The molecule has 1 aromatic carbocycles. The second kappa shape index (κ2) is 9.58. The van der Waals surface area contributed by atoms with Crippen LogP contribution in [0, 0.1) is 11.7 Å². The molecule has 182 valence electrons. The Morgan fingerprint density at radius 1 is 1.24 bits per heavy atom. The fourth-order valence-corrected chi connectivity index (χ4v) is 5.96. The molecule has 1 aliphatic heterocycles. The Balaban J connectivity index is 1.55. The van der Waals surface area contributed by atoms with Crippen LogP contribution in [0.25, 0.3) is 0 Å². The van der Waals surface area contributed by atoms with Crippen molar-refractivity contribution in [1.82, 2.24) is 20.0 Å². The molecule has 2 saturated carbocycles. The van der Waals surface area contributed by atoms with Crippen molar-refractivity contribution in [2.24, 2.45) is 5.92 Å². The van der Waals surface area contributed by atoms with Crippen molar-refractivity contribution in [2.45, 2.75) is 56.0 Å². The lowest BCUT2D eigenvalue weighted by Crippen LogP contribution is -2.56. The first-order valence-electron chi connectivity index (χ1n) is 12.2. The second-order valence-electron chi connectivity index (χ2n) is 10.3. The highest BCUT2D eigenvalue weighted by Gasteiger charge is 2.55. The third-order valence-corrected chi connectivity index (χ3v) is 8.22. The smallest absolute Gasteiger partial charge is 0.321 e. The van der Waals surface area contributed by atoms with Crippen LogP contribution in [0.5, 0.6) is 0 Å². The van der Waals surface area contributed by atoms with Gasteiger partial charge in [0.2, 0.25) is 5.91 Å². The summed E-state index contributed by atoms with van der Waals surface area (Å²) < 4.78 is 14.1. The molecule has 7 nitrogen and oxygen atoms in total. The molecule has 8 heteroatoms. The molecule has 33 heavy (non-hydrogen) atoms. The Morgan fingerprint density at radius 3 is 2.55 bits per heavy atom. The average Bonchev–Trinajstić information content (AvgIpc) is 3.00. The van der Waals surface area contributed by atoms with E-state index in [2.05, 4.69) is 15.1 Å². The minimum Gasteiger partial charge on any atom is -0.395 e. The Labute approximate surface area is 195 Å². The Kier molecular flexibility index (Phi) is 6.96. The number of urea groups is 1. The van der Waals surface area contributed by atoms with E-state index in [1.54, 1.807) is 17.0 Å². The molecule has 0 unspecified atom stereocenters. The molecule has 0 atom stereocenters.